The normalized spacial score (nSPS) is 14.7. The molecule has 1 aromatic rings. The van der Waals surface area contributed by atoms with Gasteiger partial charge >= 0.3 is 0 Å². The number of nitrogens with one attached hydrogen (secondary N) is 1. The lowest BCUT2D eigenvalue weighted by Gasteiger charge is -2.12. The number of rotatable bonds is 6. The van der Waals surface area contributed by atoms with Crippen molar-refractivity contribution < 1.29 is 9.13 Å². The summed E-state index contributed by atoms with van der Waals surface area (Å²) in [4.78, 5) is 0. The highest BCUT2D eigenvalue weighted by Crippen LogP contribution is 2.25. The van der Waals surface area contributed by atoms with Gasteiger partial charge in [0.2, 0.25) is 0 Å². The lowest BCUT2D eigenvalue weighted by atomic mass is 10.2. The minimum Gasteiger partial charge on any atom is -0.486 e. The van der Waals surface area contributed by atoms with Crippen molar-refractivity contribution in [2.75, 3.05) is 6.61 Å². The number of halogens is 1. The molecule has 1 N–H and O–H groups in total. The summed E-state index contributed by atoms with van der Waals surface area (Å²) in [5.41, 5.74) is 1.76. The summed E-state index contributed by atoms with van der Waals surface area (Å²) in [6.45, 7) is 6.63. The molecule has 2 rings (SSSR count). The molecule has 0 radical (unpaired) electrons. The van der Waals surface area contributed by atoms with Crippen molar-refractivity contribution in [1.82, 2.24) is 5.32 Å². The van der Waals surface area contributed by atoms with Crippen LogP contribution in [0.5, 0.6) is 5.75 Å². The van der Waals surface area contributed by atoms with E-state index >= 15 is 0 Å². The topological polar surface area (TPSA) is 21.3 Å². The third-order valence-electron chi connectivity index (χ3n) is 2.67. The Bertz CT molecular complexity index is 413. The fourth-order valence-corrected chi connectivity index (χ4v) is 1.59. The molecule has 0 heterocycles. The van der Waals surface area contributed by atoms with Gasteiger partial charge in [0.05, 0.1) is 0 Å². The Morgan fingerprint density at radius 1 is 1.53 bits per heavy atom. The molecule has 1 saturated carbocycles. The van der Waals surface area contributed by atoms with Gasteiger partial charge < -0.3 is 10.1 Å². The van der Waals surface area contributed by atoms with Crippen molar-refractivity contribution in [2.24, 2.45) is 0 Å². The molecule has 92 valence electrons. The molecular weight excluding hydrogens is 217 g/mol. The molecule has 0 aliphatic heterocycles. The van der Waals surface area contributed by atoms with Gasteiger partial charge in [-0.3, -0.25) is 0 Å². The summed E-state index contributed by atoms with van der Waals surface area (Å²) < 4.78 is 19.1. The van der Waals surface area contributed by atoms with Crippen molar-refractivity contribution in [3.05, 3.63) is 41.7 Å². The van der Waals surface area contributed by atoms with Gasteiger partial charge in [-0.1, -0.05) is 18.7 Å². The summed E-state index contributed by atoms with van der Waals surface area (Å²) in [5, 5.41) is 3.36. The maximum atomic E-state index is 13.7. The standard InChI is InChI=1S/C14H18FNO/c1-10(2)9-17-14-11(4-3-5-13(14)15)8-16-12-6-7-12/h3-5,12,16H,1,6-9H2,2H3. The van der Waals surface area contributed by atoms with E-state index in [1.54, 1.807) is 6.07 Å². The second-order valence-corrected chi connectivity index (χ2v) is 4.63. The molecule has 0 saturated heterocycles. The first-order valence-electron chi connectivity index (χ1n) is 5.95. The molecule has 17 heavy (non-hydrogen) atoms. The third kappa shape index (κ3) is 3.56. The first-order valence-corrected chi connectivity index (χ1v) is 5.95. The number of hydrogen-bond donors (Lipinski definition) is 1. The van der Waals surface area contributed by atoms with E-state index in [0.717, 1.165) is 11.1 Å². The molecule has 3 heteroatoms. The van der Waals surface area contributed by atoms with E-state index in [9.17, 15) is 4.39 Å². The van der Waals surface area contributed by atoms with Gasteiger partial charge in [-0.25, -0.2) is 4.39 Å². The highest BCUT2D eigenvalue weighted by Gasteiger charge is 2.21. The molecule has 0 spiro atoms. The zero-order valence-corrected chi connectivity index (χ0v) is 10.1. The second kappa shape index (κ2) is 5.32. The predicted molar refractivity (Wildman–Crippen MR) is 66.6 cm³/mol. The van der Waals surface area contributed by atoms with Crippen molar-refractivity contribution in [3.8, 4) is 5.75 Å². The molecule has 0 aromatic heterocycles. The smallest absolute Gasteiger partial charge is 0.165 e. The first kappa shape index (κ1) is 12.1. The van der Waals surface area contributed by atoms with Crippen LogP contribution in [0.4, 0.5) is 4.39 Å². The van der Waals surface area contributed by atoms with E-state index in [1.807, 2.05) is 13.0 Å². The van der Waals surface area contributed by atoms with Gasteiger partial charge in [-0.2, -0.15) is 0 Å². The van der Waals surface area contributed by atoms with Crippen LogP contribution in [0.3, 0.4) is 0 Å². The average Bonchev–Trinajstić information content (AvgIpc) is 3.08. The predicted octanol–water partition coefficient (Wildman–Crippen LogP) is 3.03. The maximum Gasteiger partial charge on any atom is 0.165 e. The molecule has 1 aromatic carbocycles. The van der Waals surface area contributed by atoms with Crippen molar-refractivity contribution in [1.29, 1.82) is 0 Å². The largest absolute Gasteiger partial charge is 0.486 e. The van der Waals surface area contributed by atoms with Crippen molar-refractivity contribution >= 4 is 0 Å². The zero-order chi connectivity index (χ0) is 12.3. The van der Waals surface area contributed by atoms with Crippen LogP contribution in [0.15, 0.2) is 30.4 Å². The minimum atomic E-state index is -0.304. The first-order chi connectivity index (χ1) is 8.16. The summed E-state index contributed by atoms with van der Waals surface area (Å²) in [5.74, 6) is 0.0463. The van der Waals surface area contributed by atoms with Gasteiger partial charge in [0.15, 0.2) is 11.6 Å². The van der Waals surface area contributed by atoms with E-state index in [1.165, 1.54) is 18.9 Å². The SMILES string of the molecule is C=C(C)COc1c(F)cccc1CNC1CC1. The minimum absolute atomic E-state index is 0.304. The Morgan fingerprint density at radius 2 is 2.29 bits per heavy atom. The Kier molecular flexibility index (Phi) is 3.79. The van der Waals surface area contributed by atoms with Crippen LogP contribution in [-0.2, 0) is 6.54 Å². The van der Waals surface area contributed by atoms with Gasteiger partial charge in [-0.05, 0) is 31.4 Å². The van der Waals surface area contributed by atoms with Crippen LogP contribution in [0.1, 0.15) is 25.3 Å². The molecule has 0 amide bonds. The number of hydrogen-bond acceptors (Lipinski definition) is 2. The van der Waals surface area contributed by atoms with Crippen LogP contribution in [0.25, 0.3) is 0 Å². The third-order valence-corrected chi connectivity index (χ3v) is 2.67. The van der Waals surface area contributed by atoms with Crippen molar-refractivity contribution in [2.45, 2.75) is 32.4 Å². The van der Waals surface area contributed by atoms with Gasteiger partial charge in [0.1, 0.15) is 6.61 Å². The highest BCUT2D eigenvalue weighted by atomic mass is 19.1. The lowest BCUT2D eigenvalue weighted by molar-refractivity contribution is 0.327. The Hall–Kier alpha value is -1.35. The molecular formula is C14H18FNO. The molecule has 1 aliphatic carbocycles. The number of ether oxygens (including phenoxy) is 1. The number of para-hydroxylation sites is 1. The fraction of sp³-hybridized carbons (Fsp3) is 0.429. The van der Waals surface area contributed by atoms with Crippen LogP contribution >= 0.6 is 0 Å². The van der Waals surface area contributed by atoms with Crippen LogP contribution < -0.4 is 10.1 Å². The molecule has 1 fully saturated rings. The van der Waals surface area contributed by atoms with Crippen molar-refractivity contribution in [3.63, 3.8) is 0 Å². The number of benzene rings is 1. The zero-order valence-electron chi connectivity index (χ0n) is 10.1. The molecule has 0 atom stereocenters. The summed E-state index contributed by atoms with van der Waals surface area (Å²) in [6, 6.07) is 5.64. The Balaban J connectivity index is 2.05. The van der Waals surface area contributed by atoms with Crippen LogP contribution in [-0.4, -0.2) is 12.6 Å². The van der Waals surface area contributed by atoms with E-state index in [2.05, 4.69) is 11.9 Å². The molecule has 2 nitrogen and oxygen atoms in total. The maximum absolute atomic E-state index is 13.7. The quantitative estimate of drug-likeness (QED) is 0.765. The molecule has 0 unspecified atom stereocenters. The monoisotopic (exact) mass is 235 g/mol. The molecule has 0 bridgehead atoms. The molecule has 1 aliphatic rings. The average molecular weight is 235 g/mol. The van der Waals surface area contributed by atoms with Gasteiger partial charge in [-0.15, -0.1) is 0 Å². The second-order valence-electron chi connectivity index (χ2n) is 4.63. The Morgan fingerprint density at radius 3 is 2.94 bits per heavy atom. The summed E-state index contributed by atoms with van der Waals surface area (Å²) in [7, 11) is 0. The Labute approximate surface area is 101 Å². The van der Waals surface area contributed by atoms with Crippen LogP contribution in [0, 0.1) is 5.82 Å². The van der Waals surface area contributed by atoms with E-state index < -0.39 is 0 Å². The van der Waals surface area contributed by atoms with Gasteiger partial charge in [0.25, 0.3) is 0 Å². The fourth-order valence-electron chi connectivity index (χ4n) is 1.59. The van der Waals surface area contributed by atoms with E-state index in [0.29, 0.717) is 24.9 Å². The van der Waals surface area contributed by atoms with E-state index in [4.69, 9.17) is 4.74 Å². The lowest BCUT2D eigenvalue weighted by Crippen LogP contribution is -2.16. The summed E-state index contributed by atoms with van der Waals surface area (Å²) >= 11 is 0. The van der Waals surface area contributed by atoms with Crippen LogP contribution in [0.2, 0.25) is 0 Å². The summed E-state index contributed by atoms with van der Waals surface area (Å²) in [6.07, 6.45) is 2.44. The van der Waals surface area contributed by atoms with Gasteiger partial charge in [0, 0.05) is 18.2 Å². The highest BCUT2D eigenvalue weighted by molar-refractivity contribution is 5.35. The van der Waals surface area contributed by atoms with E-state index in [-0.39, 0.29) is 5.82 Å².